The van der Waals surface area contributed by atoms with E-state index < -0.39 is 11.6 Å². The van der Waals surface area contributed by atoms with Crippen LogP contribution in [0.3, 0.4) is 0 Å². The van der Waals surface area contributed by atoms with Gasteiger partial charge >= 0.3 is 12.1 Å². The summed E-state index contributed by atoms with van der Waals surface area (Å²) in [6.45, 7) is 8.81. The average Bonchev–Trinajstić information content (AvgIpc) is 3.16. The Morgan fingerprint density at radius 3 is 2.36 bits per heavy atom. The van der Waals surface area contributed by atoms with Gasteiger partial charge in [0.25, 0.3) is 0 Å². The van der Waals surface area contributed by atoms with Gasteiger partial charge in [0.2, 0.25) is 0 Å². The summed E-state index contributed by atoms with van der Waals surface area (Å²) >= 11 is 1.48. The number of hydrogen-bond acceptors (Lipinski definition) is 7. The van der Waals surface area contributed by atoms with Gasteiger partial charge in [0.05, 0.1) is 18.4 Å². The number of carbonyl (C=O) groups excluding carboxylic acids is 1. The van der Waals surface area contributed by atoms with E-state index in [4.69, 9.17) is 14.6 Å². The summed E-state index contributed by atoms with van der Waals surface area (Å²) in [4.78, 5) is 25.1. The Labute approximate surface area is 169 Å². The van der Waals surface area contributed by atoms with Crippen molar-refractivity contribution in [3.05, 3.63) is 23.8 Å². The Morgan fingerprint density at radius 2 is 1.82 bits per heavy atom. The number of benzene rings is 1. The largest absolute Gasteiger partial charge is 0.495 e. The quantitative estimate of drug-likeness (QED) is 0.717. The van der Waals surface area contributed by atoms with Crippen LogP contribution in [0.1, 0.15) is 31.1 Å². The smallest absolute Gasteiger partial charge is 0.410 e. The maximum atomic E-state index is 12.2. The molecular formula is C19H27N3O5S. The second kappa shape index (κ2) is 8.08. The first-order valence-electron chi connectivity index (χ1n) is 9.23. The Hall–Kier alpha value is -2.13. The molecule has 1 amide bonds. The number of aromatic carboxylic acids is 1. The summed E-state index contributed by atoms with van der Waals surface area (Å²) in [5.74, 6) is 0.360. The molecule has 0 spiro atoms. The van der Waals surface area contributed by atoms with E-state index in [0.717, 1.165) is 18.8 Å². The highest BCUT2D eigenvalue weighted by molar-refractivity contribution is 7.98. The minimum absolute atomic E-state index is 0.185. The summed E-state index contributed by atoms with van der Waals surface area (Å²) in [6, 6.07) is 4.75. The van der Waals surface area contributed by atoms with E-state index in [-0.39, 0.29) is 11.7 Å². The first kappa shape index (κ1) is 20.6. The summed E-state index contributed by atoms with van der Waals surface area (Å²) in [5, 5.41) is 9.09. The molecule has 2 aliphatic rings. The number of amides is 1. The second-order valence-corrected chi connectivity index (χ2v) is 9.07. The van der Waals surface area contributed by atoms with Gasteiger partial charge in [-0.05, 0) is 50.8 Å². The van der Waals surface area contributed by atoms with E-state index in [1.165, 1.54) is 25.3 Å². The zero-order valence-electron chi connectivity index (χ0n) is 16.6. The van der Waals surface area contributed by atoms with Crippen molar-refractivity contribution in [3.8, 4) is 5.75 Å². The molecule has 0 bridgehead atoms. The van der Waals surface area contributed by atoms with Gasteiger partial charge in [-0.3, -0.25) is 0 Å². The van der Waals surface area contributed by atoms with Crippen LogP contribution in [0.25, 0.3) is 0 Å². The van der Waals surface area contributed by atoms with Crippen LogP contribution in [0.2, 0.25) is 0 Å². The summed E-state index contributed by atoms with van der Waals surface area (Å²) < 4.78 is 16.2. The van der Waals surface area contributed by atoms with Gasteiger partial charge < -0.3 is 24.2 Å². The number of carboxylic acids is 1. The Bertz CT molecular complexity index is 738. The van der Waals surface area contributed by atoms with Gasteiger partial charge in [0, 0.05) is 38.3 Å². The number of carbonyl (C=O) groups is 2. The number of ether oxygens (including phenoxy) is 2. The molecule has 2 unspecified atom stereocenters. The molecule has 9 heteroatoms. The molecule has 154 valence electrons. The van der Waals surface area contributed by atoms with Crippen molar-refractivity contribution >= 4 is 29.9 Å². The molecule has 3 rings (SSSR count). The van der Waals surface area contributed by atoms with Gasteiger partial charge in [0.1, 0.15) is 11.4 Å². The van der Waals surface area contributed by atoms with Crippen molar-refractivity contribution in [2.45, 2.75) is 26.4 Å². The number of methoxy groups -OCH3 is 1. The van der Waals surface area contributed by atoms with Crippen LogP contribution in [0.15, 0.2) is 18.2 Å². The molecule has 2 aliphatic heterocycles. The van der Waals surface area contributed by atoms with E-state index >= 15 is 0 Å². The van der Waals surface area contributed by atoms with E-state index in [9.17, 15) is 9.59 Å². The molecule has 2 atom stereocenters. The van der Waals surface area contributed by atoms with Crippen LogP contribution >= 0.6 is 12.1 Å². The second-order valence-electron chi connectivity index (χ2n) is 8.17. The standard InChI is InChI=1S/C19H27N3O5S/c1-19(2,3)27-18(25)21-8-13-10-22(11-14(13)9-21)28-20-15-6-5-12(17(23)24)7-16(15)26-4/h5-7,13-14,20H,8-11H2,1-4H3,(H,23,24). The fourth-order valence-electron chi connectivity index (χ4n) is 3.52. The Kier molecular flexibility index (Phi) is 5.95. The van der Waals surface area contributed by atoms with Gasteiger partial charge in [0.15, 0.2) is 0 Å². The molecule has 2 N–H and O–H groups in total. The van der Waals surface area contributed by atoms with Crippen LogP contribution in [-0.2, 0) is 4.74 Å². The van der Waals surface area contributed by atoms with E-state index in [1.807, 2.05) is 25.7 Å². The molecule has 2 fully saturated rings. The topological polar surface area (TPSA) is 91.3 Å². The Morgan fingerprint density at radius 1 is 1.18 bits per heavy atom. The zero-order valence-corrected chi connectivity index (χ0v) is 17.4. The van der Waals surface area contributed by atoms with Crippen molar-refractivity contribution in [2.24, 2.45) is 11.8 Å². The van der Waals surface area contributed by atoms with Gasteiger partial charge in [-0.25, -0.2) is 13.9 Å². The van der Waals surface area contributed by atoms with Crippen LogP contribution in [0, 0.1) is 11.8 Å². The fourth-order valence-corrected chi connectivity index (χ4v) is 4.45. The van der Waals surface area contributed by atoms with Crippen molar-refractivity contribution in [2.75, 3.05) is 38.0 Å². The predicted octanol–water partition coefficient (Wildman–Crippen LogP) is 3.17. The van der Waals surface area contributed by atoms with Crippen molar-refractivity contribution in [1.82, 2.24) is 9.21 Å². The maximum absolute atomic E-state index is 12.2. The lowest BCUT2D eigenvalue weighted by atomic mass is 10.0. The number of rotatable bonds is 5. The number of carboxylic acid groups (broad SMARTS) is 1. The van der Waals surface area contributed by atoms with E-state index in [0.29, 0.717) is 30.7 Å². The minimum atomic E-state index is -0.987. The van der Waals surface area contributed by atoms with Gasteiger partial charge in [-0.1, -0.05) is 0 Å². The highest BCUT2D eigenvalue weighted by Gasteiger charge is 2.43. The molecule has 1 aromatic carbocycles. The number of hydrogen-bond donors (Lipinski definition) is 2. The maximum Gasteiger partial charge on any atom is 0.410 e. The highest BCUT2D eigenvalue weighted by atomic mass is 32.2. The molecule has 0 saturated carbocycles. The van der Waals surface area contributed by atoms with Crippen molar-refractivity contribution in [1.29, 1.82) is 0 Å². The monoisotopic (exact) mass is 409 g/mol. The summed E-state index contributed by atoms with van der Waals surface area (Å²) in [6.07, 6.45) is -0.234. The third kappa shape index (κ3) is 4.82. The van der Waals surface area contributed by atoms with Gasteiger partial charge in [-0.15, -0.1) is 0 Å². The normalized spacial score (nSPS) is 22.1. The van der Waals surface area contributed by atoms with Crippen LogP contribution in [0.5, 0.6) is 5.75 Å². The van der Waals surface area contributed by atoms with Gasteiger partial charge in [-0.2, -0.15) is 0 Å². The van der Waals surface area contributed by atoms with Crippen LogP contribution in [-0.4, -0.2) is 65.3 Å². The molecule has 0 aromatic heterocycles. The molecule has 28 heavy (non-hydrogen) atoms. The Balaban J connectivity index is 1.51. The summed E-state index contributed by atoms with van der Waals surface area (Å²) in [5.41, 5.74) is 0.436. The number of nitrogens with zero attached hydrogens (tertiary/aromatic N) is 2. The van der Waals surface area contributed by atoms with Crippen LogP contribution < -0.4 is 9.46 Å². The lowest BCUT2D eigenvalue weighted by molar-refractivity contribution is 0.0279. The zero-order chi connectivity index (χ0) is 20.5. The molecule has 2 saturated heterocycles. The minimum Gasteiger partial charge on any atom is -0.495 e. The predicted molar refractivity (Wildman–Crippen MR) is 108 cm³/mol. The number of likely N-dealkylation sites (tertiary alicyclic amines) is 1. The summed E-state index contributed by atoms with van der Waals surface area (Å²) in [7, 11) is 1.52. The lowest BCUT2D eigenvalue weighted by Crippen LogP contribution is -2.37. The first-order valence-corrected chi connectivity index (χ1v) is 10.0. The third-order valence-corrected chi connectivity index (χ3v) is 5.71. The lowest BCUT2D eigenvalue weighted by Gasteiger charge is -2.25. The average molecular weight is 410 g/mol. The molecule has 8 nitrogen and oxygen atoms in total. The van der Waals surface area contributed by atoms with Crippen molar-refractivity contribution < 1.29 is 24.2 Å². The number of nitrogens with one attached hydrogen (secondary N) is 1. The van der Waals surface area contributed by atoms with E-state index in [1.54, 1.807) is 12.1 Å². The third-order valence-electron chi connectivity index (χ3n) is 4.84. The molecule has 1 aromatic rings. The highest BCUT2D eigenvalue weighted by Crippen LogP contribution is 2.36. The molecule has 0 radical (unpaired) electrons. The number of fused-ring (bicyclic) bond motifs is 1. The molecule has 0 aliphatic carbocycles. The van der Waals surface area contributed by atoms with Crippen molar-refractivity contribution in [3.63, 3.8) is 0 Å². The van der Waals surface area contributed by atoms with Crippen LogP contribution in [0.4, 0.5) is 10.5 Å². The van der Waals surface area contributed by atoms with E-state index in [2.05, 4.69) is 9.03 Å². The first-order chi connectivity index (χ1) is 13.2. The molecular weight excluding hydrogens is 382 g/mol. The molecule has 2 heterocycles. The fraction of sp³-hybridized carbons (Fsp3) is 0.579. The SMILES string of the molecule is COc1cc(C(=O)O)ccc1NSN1CC2CN(C(=O)OC(C)(C)C)CC2C1. The number of anilines is 1.